The summed E-state index contributed by atoms with van der Waals surface area (Å²) in [7, 11) is 1.43. The lowest BCUT2D eigenvalue weighted by Gasteiger charge is -2.27. The minimum absolute atomic E-state index is 0.00147. The maximum atomic E-state index is 12.1. The molecule has 1 aromatic rings. The monoisotopic (exact) mass is 295 g/mol. The average molecular weight is 295 g/mol. The van der Waals surface area contributed by atoms with Crippen molar-refractivity contribution < 1.29 is 14.3 Å². The molecular weight excluding hydrogens is 274 g/mol. The summed E-state index contributed by atoms with van der Waals surface area (Å²) >= 11 is 1.55. The van der Waals surface area contributed by atoms with Crippen LogP contribution in [0.4, 0.5) is 0 Å². The van der Waals surface area contributed by atoms with Gasteiger partial charge in [0, 0.05) is 10.9 Å². The molecule has 5 heteroatoms. The first-order valence-electron chi connectivity index (χ1n) is 7.11. The lowest BCUT2D eigenvalue weighted by atomic mass is 9.86. The zero-order valence-electron chi connectivity index (χ0n) is 12.0. The van der Waals surface area contributed by atoms with Gasteiger partial charge in [0.05, 0.1) is 17.9 Å². The number of aryl methyl sites for hydroxylation is 1. The third-order valence-corrected chi connectivity index (χ3v) is 5.06. The van der Waals surface area contributed by atoms with E-state index in [1.54, 1.807) is 11.3 Å². The van der Waals surface area contributed by atoms with Crippen LogP contribution in [-0.4, -0.2) is 25.0 Å². The van der Waals surface area contributed by atoms with E-state index in [0.29, 0.717) is 0 Å². The van der Waals surface area contributed by atoms with Gasteiger partial charge in [-0.1, -0.05) is 6.92 Å². The summed E-state index contributed by atoms with van der Waals surface area (Å²) in [6.07, 6.45) is 4.24. The maximum absolute atomic E-state index is 12.1. The number of hydrogen-bond acceptors (Lipinski definition) is 4. The predicted molar refractivity (Wildman–Crippen MR) is 78.9 cm³/mol. The number of ether oxygens (including phenoxy) is 1. The van der Waals surface area contributed by atoms with Crippen LogP contribution in [0.1, 0.15) is 47.2 Å². The molecule has 4 nitrogen and oxygen atoms in total. The summed E-state index contributed by atoms with van der Waals surface area (Å²) in [6, 6.07) is 4.07. The van der Waals surface area contributed by atoms with Crippen LogP contribution in [0.15, 0.2) is 12.1 Å². The van der Waals surface area contributed by atoms with E-state index >= 15 is 0 Å². The van der Waals surface area contributed by atoms with Gasteiger partial charge in [-0.3, -0.25) is 9.59 Å². The van der Waals surface area contributed by atoms with E-state index in [9.17, 15) is 9.59 Å². The van der Waals surface area contributed by atoms with Gasteiger partial charge in [0.2, 0.25) is 0 Å². The van der Waals surface area contributed by atoms with Gasteiger partial charge in [0.1, 0.15) is 0 Å². The highest BCUT2D eigenvalue weighted by Gasteiger charge is 2.27. The van der Waals surface area contributed by atoms with Crippen LogP contribution >= 0.6 is 11.3 Å². The molecule has 2 rings (SSSR count). The lowest BCUT2D eigenvalue weighted by Crippen LogP contribution is -2.38. The highest BCUT2D eigenvalue weighted by atomic mass is 32.1. The van der Waals surface area contributed by atoms with Gasteiger partial charge < -0.3 is 10.1 Å². The topological polar surface area (TPSA) is 55.4 Å². The van der Waals surface area contributed by atoms with Gasteiger partial charge in [-0.2, -0.15) is 0 Å². The molecule has 1 aromatic heterocycles. The molecule has 0 radical (unpaired) electrons. The van der Waals surface area contributed by atoms with Crippen molar-refractivity contribution in [3.05, 3.63) is 21.9 Å². The minimum atomic E-state index is -0.124. The molecule has 0 spiro atoms. The van der Waals surface area contributed by atoms with Crippen LogP contribution in [0.3, 0.4) is 0 Å². The largest absolute Gasteiger partial charge is 0.469 e. The summed E-state index contributed by atoms with van der Waals surface area (Å²) < 4.78 is 4.77. The van der Waals surface area contributed by atoms with E-state index in [1.165, 1.54) is 12.0 Å². The fourth-order valence-corrected chi connectivity index (χ4v) is 3.44. The molecule has 1 fully saturated rings. The zero-order chi connectivity index (χ0) is 14.5. The van der Waals surface area contributed by atoms with E-state index in [4.69, 9.17) is 4.74 Å². The summed E-state index contributed by atoms with van der Waals surface area (Å²) in [4.78, 5) is 25.6. The van der Waals surface area contributed by atoms with Gasteiger partial charge in [-0.15, -0.1) is 11.3 Å². The van der Waals surface area contributed by atoms with Crippen molar-refractivity contribution >= 4 is 23.2 Å². The van der Waals surface area contributed by atoms with Crippen LogP contribution in [0.25, 0.3) is 0 Å². The number of carbonyl (C=O) groups is 2. The van der Waals surface area contributed by atoms with Crippen molar-refractivity contribution in [2.75, 3.05) is 7.11 Å². The Morgan fingerprint density at radius 3 is 2.55 bits per heavy atom. The fraction of sp³-hybridized carbons (Fsp3) is 0.600. The van der Waals surface area contributed by atoms with E-state index < -0.39 is 0 Å². The number of amides is 1. The highest BCUT2D eigenvalue weighted by Crippen LogP contribution is 2.26. The Hall–Kier alpha value is -1.36. The predicted octanol–water partition coefficient (Wildman–Crippen LogP) is 2.77. The molecule has 1 aliphatic carbocycles. The van der Waals surface area contributed by atoms with E-state index in [1.807, 2.05) is 12.1 Å². The Kier molecular flexibility index (Phi) is 5.17. The Bertz CT molecular complexity index is 475. The molecule has 20 heavy (non-hydrogen) atoms. The SMILES string of the molecule is CCc1ccc(C(=O)NC2CCC(C(=O)OC)CC2)s1. The second-order valence-electron chi connectivity index (χ2n) is 5.16. The molecule has 1 heterocycles. The standard InChI is InChI=1S/C15H21NO3S/c1-3-12-8-9-13(20-12)14(17)16-11-6-4-10(5-7-11)15(18)19-2/h8-11H,3-7H2,1-2H3,(H,16,17). The quantitative estimate of drug-likeness (QED) is 0.869. The van der Waals surface area contributed by atoms with Crippen molar-refractivity contribution in [1.82, 2.24) is 5.32 Å². The lowest BCUT2D eigenvalue weighted by molar-refractivity contribution is -0.146. The summed E-state index contributed by atoms with van der Waals surface area (Å²) in [5.74, 6) is -0.113. The van der Waals surface area contributed by atoms with E-state index in [-0.39, 0.29) is 23.8 Å². The van der Waals surface area contributed by atoms with E-state index in [0.717, 1.165) is 37.0 Å². The first-order valence-corrected chi connectivity index (χ1v) is 7.93. The number of thiophene rings is 1. The number of rotatable bonds is 4. The van der Waals surface area contributed by atoms with Crippen molar-refractivity contribution in [2.24, 2.45) is 5.92 Å². The highest BCUT2D eigenvalue weighted by molar-refractivity contribution is 7.14. The Labute approximate surface area is 123 Å². The average Bonchev–Trinajstić information content (AvgIpc) is 2.96. The first-order chi connectivity index (χ1) is 9.63. The summed E-state index contributed by atoms with van der Waals surface area (Å²) in [5, 5.41) is 3.07. The zero-order valence-corrected chi connectivity index (χ0v) is 12.8. The number of methoxy groups -OCH3 is 1. The molecule has 110 valence electrons. The van der Waals surface area contributed by atoms with Crippen LogP contribution in [0.5, 0.6) is 0 Å². The molecule has 0 unspecified atom stereocenters. The Morgan fingerprint density at radius 2 is 2.00 bits per heavy atom. The second-order valence-corrected chi connectivity index (χ2v) is 6.33. The number of carbonyl (C=O) groups excluding carboxylic acids is 2. The summed E-state index contributed by atoms with van der Waals surface area (Å²) in [6.45, 7) is 2.08. The molecular formula is C15H21NO3S. The third kappa shape index (κ3) is 3.60. The van der Waals surface area contributed by atoms with Crippen molar-refractivity contribution in [1.29, 1.82) is 0 Å². The molecule has 0 saturated heterocycles. The van der Waals surface area contributed by atoms with E-state index in [2.05, 4.69) is 12.2 Å². The smallest absolute Gasteiger partial charge is 0.308 e. The van der Waals surface area contributed by atoms with Gasteiger partial charge >= 0.3 is 5.97 Å². The van der Waals surface area contributed by atoms with Crippen LogP contribution in [-0.2, 0) is 16.0 Å². The molecule has 1 aliphatic rings. The summed E-state index contributed by atoms with van der Waals surface area (Å²) in [5.41, 5.74) is 0. The minimum Gasteiger partial charge on any atom is -0.469 e. The van der Waals surface area contributed by atoms with Gasteiger partial charge in [0.15, 0.2) is 0 Å². The molecule has 1 amide bonds. The van der Waals surface area contributed by atoms with Gasteiger partial charge in [-0.25, -0.2) is 0 Å². The molecule has 0 aromatic carbocycles. The Balaban J connectivity index is 1.83. The molecule has 0 bridgehead atoms. The number of esters is 1. The van der Waals surface area contributed by atoms with Crippen molar-refractivity contribution in [2.45, 2.75) is 45.1 Å². The van der Waals surface area contributed by atoms with Gasteiger partial charge in [-0.05, 0) is 44.2 Å². The second kappa shape index (κ2) is 6.88. The van der Waals surface area contributed by atoms with Crippen LogP contribution in [0.2, 0.25) is 0 Å². The van der Waals surface area contributed by atoms with Crippen LogP contribution < -0.4 is 5.32 Å². The molecule has 1 saturated carbocycles. The first kappa shape index (κ1) is 15.0. The molecule has 0 aliphatic heterocycles. The third-order valence-electron chi connectivity index (χ3n) is 3.83. The maximum Gasteiger partial charge on any atom is 0.308 e. The fourth-order valence-electron chi connectivity index (χ4n) is 2.59. The number of hydrogen-bond donors (Lipinski definition) is 1. The molecule has 0 atom stereocenters. The number of nitrogens with one attached hydrogen (secondary N) is 1. The van der Waals surface area contributed by atoms with Crippen molar-refractivity contribution in [3.63, 3.8) is 0 Å². The Morgan fingerprint density at radius 1 is 1.30 bits per heavy atom. The normalized spacial score (nSPS) is 22.3. The van der Waals surface area contributed by atoms with Crippen LogP contribution in [0, 0.1) is 5.92 Å². The van der Waals surface area contributed by atoms with Crippen molar-refractivity contribution in [3.8, 4) is 0 Å². The molecule has 1 N–H and O–H groups in total. The van der Waals surface area contributed by atoms with Gasteiger partial charge in [0.25, 0.3) is 5.91 Å².